The van der Waals surface area contributed by atoms with Crippen LogP contribution in [0.5, 0.6) is 0 Å². The van der Waals surface area contributed by atoms with E-state index in [-0.39, 0.29) is 0 Å². The Balaban J connectivity index is 1.99. The first-order chi connectivity index (χ1) is 8.77. The number of nitrogens with one attached hydrogen (secondary N) is 1. The summed E-state index contributed by atoms with van der Waals surface area (Å²) in [4.78, 5) is 0. The Bertz CT molecular complexity index is 201. The molecule has 0 saturated carbocycles. The highest BCUT2D eigenvalue weighted by Gasteiger charge is 2.26. The molecule has 0 aromatic heterocycles. The largest absolute Gasteiger partial charge is 0.389 e. The van der Waals surface area contributed by atoms with E-state index in [4.69, 9.17) is 9.47 Å². The molecule has 0 spiro atoms. The topological polar surface area (TPSA) is 50.7 Å². The van der Waals surface area contributed by atoms with Crippen LogP contribution in [-0.2, 0) is 9.47 Å². The maximum atomic E-state index is 9.73. The first-order valence-electron chi connectivity index (χ1n) is 7.36. The van der Waals surface area contributed by atoms with Gasteiger partial charge in [-0.15, -0.1) is 0 Å². The summed E-state index contributed by atoms with van der Waals surface area (Å²) >= 11 is 0. The Hall–Kier alpha value is -0.160. The van der Waals surface area contributed by atoms with Crippen LogP contribution in [0.15, 0.2) is 0 Å². The Morgan fingerprint density at radius 1 is 1.44 bits per heavy atom. The van der Waals surface area contributed by atoms with Gasteiger partial charge in [-0.05, 0) is 25.2 Å². The molecule has 1 heterocycles. The van der Waals surface area contributed by atoms with E-state index in [0.717, 1.165) is 45.4 Å². The fourth-order valence-corrected chi connectivity index (χ4v) is 2.34. The van der Waals surface area contributed by atoms with Crippen molar-refractivity contribution in [2.45, 2.75) is 51.7 Å². The van der Waals surface area contributed by atoms with Crippen molar-refractivity contribution in [3.05, 3.63) is 0 Å². The number of aliphatic hydroxyl groups is 1. The SMILES string of the molecule is CCCCOCC(O)CNCC1CCOC1CC. The molecular weight excluding hydrogens is 230 g/mol. The first kappa shape index (κ1) is 15.9. The predicted molar refractivity (Wildman–Crippen MR) is 72.7 cm³/mol. The minimum absolute atomic E-state index is 0.399. The predicted octanol–water partition coefficient (Wildman–Crippen LogP) is 1.57. The summed E-state index contributed by atoms with van der Waals surface area (Å²) in [5.74, 6) is 0.600. The molecule has 4 nitrogen and oxygen atoms in total. The summed E-state index contributed by atoms with van der Waals surface area (Å²) in [7, 11) is 0. The van der Waals surface area contributed by atoms with E-state index in [9.17, 15) is 5.11 Å². The van der Waals surface area contributed by atoms with Gasteiger partial charge >= 0.3 is 0 Å². The highest BCUT2D eigenvalue weighted by molar-refractivity contribution is 4.77. The summed E-state index contributed by atoms with van der Waals surface area (Å²) in [5.41, 5.74) is 0. The van der Waals surface area contributed by atoms with Gasteiger partial charge in [0.25, 0.3) is 0 Å². The van der Waals surface area contributed by atoms with E-state index in [2.05, 4.69) is 19.2 Å². The van der Waals surface area contributed by atoms with Crippen molar-refractivity contribution in [3.8, 4) is 0 Å². The van der Waals surface area contributed by atoms with Crippen LogP contribution in [-0.4, -0.2) is 50.2 Å². The van der Waals surface area contributed by atoms with Crippen molar-refractivity contribution in [3.63, 3.8) is 0 Å². The number of aliphatic hydroxyl groups excluding tert-OH is 1. The molecule has 1 fully saturated rings. The highest BCUT2D eigenvalue weighted by atomic mass is 16.5. The summed E-state index contributed by atoms with van der Waals surface area (Å²) in [6.07, 6.45) is 4.41. The second-order valence-corrected chi connectivity index (χ2v) is 5.11. The Morgan fingerprint density at radius 2 is 2.28 bits per heavy atom. The van der Waals surface area contributed by atoms with Gasteiger partial charge in [0.2, 0.25) is 0 Å². The lowest BCUT2D eigenvalue weighted by Crippen LogP contribution is -2.35. The Labute approximate surface area is 111 Å². The van der Waals surface area contributed by atoms with Crippen LogP contribution in [0, 0.1) is 5.92 Å². The standard InChI is InChI=1S/C14H29NO3/c1-3-5-7-17-11-13(16)10-15-9-12-6-8-18-14(12)4-2/h12-16H,3-11H2,1-2H3. The lowest BCUT2D eigenvalue weighted by atomic mass is 10.00. The van der Waals surface area contributed by atoms with Crippen molar-refractivity contribution < 1.29 is 14.6 Å². The third-order valence-electron chi connectivity index (χ3n) is 3.49. The molecule has 1 aliphatic heterocycles. The van der Waals surface area contributed by atoms with Gasteiger partial charge in [0, 0.05) is 26.3 Å². The normalized spacial score (nSPS) is 25.5. The minimum atomic E-state index is -0.399. The molecule has 2 N–H and O–H groups in total. The van der Waals surface area contributed by atoms with E-state index in [1.165, 1.54) is 0 Å². The quantitative estimate of drug-likeness (QED) is 0.585. The molecule has 4 heteroatoms. The van der Waals surface area contributed by atoms with E-state index in [1.807, 2.05) is 0 Å². The van der Waals surface area contributed by atoms with Crippen molar-refractivity contribution in [1.29, 1.82) is 0 Å². The number of hydrogen-bond donors (Lipinski definition) is 2. The lowest BCUT2D eigenvalue weighted by molar-refractivity contribution is 0.0345. The molecule has 0 radical (unpaired) electrons. The molecule has 0 aromatic rings. The van der Waals surface area contributed by atoms with Gasteiger partial charge in [0.1, 0.15) is 0 Å². The first-order valence-corrected chi connectivity index (χ1v) is 7.36. The van der Waals surface area contributed by atoms with Gasteiger partial charge < -0.3 is 19.9 Å². The second kappa shape index (κ2) is 9.73. The maximum absolute atomic E-state index is 9.73. The third-order valence-corrected chi connectivity index (χ3v) is 3.49. The molecule has 1 rings (SSSR count). The maximum Gasteiger partial charge on any atom is 0.0897 e. The van der Waals surface area contributed by atoms with Crippen LogP contribution >= 0.6 is 0 Å². The second-order valence-electron chi connectivity index (χ2n) is 5.11. The third kappa shape index (κ3) is 6.14. The van der Waals surface area contributed by atoms with Crippen molar-refractivity contribution in [2.24, 2.45) is 5.92 Å². The number of unbranched alkanes of at least 4 members (excludes halogenated alkanes) is 1. The van der Waals surface area contributed by atoms with Gasteiger partial charge in [-0.1, -0.05) is 20.3 Å². The summed E-state index contributed by atoms with van der Waals surface area (Å²) in [6, 6.07) is 0. The molecule has 18 heavy (non-hydrogen) atoms. The van der Waals surface area contributed by atoms with Crippen LogP contribution in [0.4, 0.5) is 0 Å². The molecule has 0 aliphatic carbocycles. The van der Waals surface area contributed by atoms with Gasteiger partial charge in [0.15, 0.2) is 0 Å². The monoisotopic (exact) mass is 259 g/mol. The van der Waals surface area contributed by atoms with E-state index in [0.29, 0.717) is 25.2 Å². The molecule has 1 aliphatic rings. The highest BCUT2D eigenvalue weighted by Crippen LogP contribution is 2.22. The number of hydrogen-bond acceptors (Lipinski definition) is 4. The molecule has 0 amide bonds. The summed E-state index contributed by atoms with van der Waals surface area (Å²) in [5, 5.41) is 13.0. The smallest absolute Gasteiger partial charge is 0.0897 e. The van der Waals surface area contributed by atoms with E-state index >= 15 is 0 Å². The van der Waals surface area contributed by atoms with Crippen LogP contribution in [0.3, 0.4) is 0 Å². The average molecular weight is 259 g/mol. The van der Waals surface area contributed by atoms with Crippen LogP contribution in [0.2, 0.25) is 0 Å². The van der Waals surface area contributed by atoms with Crippen molar-refractivity contribution in [1.82, 2.24) is 5.32 Å². The summed E-state index contributed by atoms with van der Waals surface area (Å²) < 4.78 is 11.0. The van der Waals surface area contributed by atoms with Crippen LogP contribution < -0.4 is 5.32 Å². The lowest BCUT2D eigenvalue weighted by Gasteiger charge is -2.18. The zero-order valence-electron chi connectivity index (χ0n) is 11.9. The molecule has 108 valence electrons. The van der Waals surface area contributed by atoms with Gasteiger partial charge in [0.05, 0.1) is 18.8 Å². The molecule has 3 atom stereocenters. The molecule has 3 unspecified atom stereocenters. The minimum Gasteiger partial charge on any atom is -0.389 e. The zero-order chi connectivity index (χ0) is 13.2. The molecular formula is C14H29NO3. The van der Waals surface area contributed by atoms with Crippen molar-refractivity contribution in [2.75, 3.05) is 32.9 Å². The number of rotatable bonds is 10. The Kier molecular flexibility index (Phi) is 8.59. The van der Waals surface area contributed by atoms with Gasteiger partial charge in [-0.2, -0.15) is 0 Å². The van der Waals surface area contributed by atoms with Crippen LogP contribution in [0.1, 0.15) is 39.5 Å². The fourth-order valence-electron chi connectivity index (χ4n) is 2.34. The molecule has 0 bridgehead atoms. The summed E-state index contributed by atoms with van der Waals surface area (Å²) in [6.45, 7) is 7.92. The van der Waals surface area contributed by atoms with Gasteiger partial charge in [-0.3, -0.25) is 0 Å². The molecule has 0 aromatic carbocycles. The van der Waals surface area contributed by atoms with Crippen molar-refractivity contribution >= 4 is 0 Å². The average Bonchev–Trinajstić information content (AvgIpc) is 2.82. The number of ether oxygens (including phenoxy) is 2. The van der Waals surface area contributed by atoms with E-state index in [1.54, 1.807) is 0 Å². The van der Waals surface area contributed by atoms with Gasteiger partial charge in [-0.25, -0.2) is 0 Å². The van der Waals surface area contributed by atoms with Crippen LogP contribution in [0.25, 0.3) is 0 Å². The molecule has 1 saturated heterocycles. The zero-order valence-corrected chi connectivity index (χ0v) is 11.9. The fraction of sp³-hybridized carbons (Fsp3) is 1.00. The Morgan fingerprint density at radius 3 is 3.00 bits per heavy atom. The van der Waals surface area contributed by atoms with E-state index < -0.39 is 6.10 Å².